The molecule has 2 heterocycles. The number of H-pyrrole nitrogens is 1. The van der Waals surface area contributed by atoms with Gasteiger partial charge in [-0.2, -0.15) is 0 Å². The van der Waals surface area contributed by atoms with Gasteiger partial charge in [0, 0.05) is 21.5 Å². The number of thiophene rings is 1. The van der Waals surface area contributed by atoms with E-state index in [0.717, 1.165) is 10.4 Å². The molecule has 1 N–H and O–H groups in total. The van der Waals surface area contributed by atoms with Crippen molar-refractivity contribution in [2.24, 2.45) is 0 Å². The number of rotatable bonds is 1. The summed E-state index contributed by atoms with van der Waals surface area (Å²) >= 11 is 4.82. The minimum absolute atomic E-state index is 0.150. The van der Waals surface area contributed by atoms with Gasteiger partial charge in [0.25, 0.3) is 5.56 Å². The lowest BCUT2D eigenvalue weighted by atomic mass is 10.2. The number of aryl methyl sites for hydroxylation is 2. The van der Waals surface area contributed by atoms with Gasteiger partial charge in [-0.05, 0) is 35.8 Å². The number of nitrogens with one attached hydrogen (secondary N) is 1. The Morgan fingerprint density at radius 1 is 1.47 bits per heavy atom. The Kier molecular flexibility index (Phi) is 2.75. The van der Waals surface area contributed by atoms with Crippen LogP contribution in [0.3, 0.4) is 0 Å². The molecule has 0 fully saturated rings. The highest BCUT2D eigenvalue weighted by atomic mass is 79.9. The summed E-state index contributed by atoms with van der Waals surface area (Å²) in [5.41, 5.74) is 0.852. The van der Waals surface area contributed by atoms with Crippen LogP contribution in [-0.4, -0.2) is 9.97 Å². The molecule has 2 aromatic heterocycles. The molecule has 2 aromatic rings. The van der Waals surface area contributed by atoms with Crippen molar-refractivity contribution in [1.82, 2.24) is 9.97 Å². The van der Waals surface area contributed by atoms with Gasteiger partial charge in [-0.3, -0.25) is 4.79 Å². The van der Waals surface area contributed by atoms with E-state index in [2.05, 4.69) is 25.9 Å². The Bertz CT molecular complexity index is 559. The number of aromatic amines is 1. The molecule has 15 heavy (non-hydrogen) atoms. The van der Waals surface area contributed by atoms with E-state index in [4.69, 9.17) is 0 Å². The summed E-state index contributed by atoms with van der Waals surface area (Å²) < 4.78 is 0.454. The van der Waals surface area contributed by atoms with Crippen molar-refractivity contribution < 1.29 is 0 Å². The molecule has 5 heteroatoms. The molecule has 0 aromatic carbocycles. The maximum absolute atomic E-state index is 11.4. The second-order valence-electron chi connectivity index (χ2n) is 3.24. The largest absolute Gasteiger partial charge is 0.306 e. The van der Waals surface area contributed by atoms with Crippen molar-refractivity contribution in [1.29, 1.82) is 0 Å². The van der Waals surface area contributed by atoms with Gasteiger partial charge < -0.3 is 4.98 Å². The van der Waals surface area contributed by atoms with Crippen LogP contribution in [0.5, 0.6) is 0 Å². The smallest absolute Gasteiger partial charge is 0.265 e. The second-order valence-corrected chi connectivity index (χ2v) is 5.55. The van der Waals surface area contributed by atoms with E-state index in [9.17, 15) is 4.79 Å². The quantitative estimate of drug-likeness (QED) is 0.875. The van der Waals surface area contributed by atoms with Gasteiger partial charge >= 0.3 is 0 Å². The summed E-state index contributed by atoms with van der Waals surface area (Å²) in [5, 5.41) is 0. The summed E-state index contributed by atoms with van der Waals surface area (Å²) in [5.74, 6) is 0.630. The predicted molar refractivity (Wildman–Crippen MR) is 65.3 cm³/mol. The van der Waals surface area contributed by atoms with Crippen molar-refractivity contribution in [2.75, 3.05) is 0 Å². The lowest BCUT2D eigenvalue weighted by molar-refractivity contribution is 1.11. The Morgan fingerprint density at radius 2 is 2.20 bits per heavy atom. The van der Waals surface area contributed by atoms with Crippen LogP contribution in [0.25, 0.3) is 11.4 Å². The molecular formula is C10H9BrN2OS. The summed E-state index contributed by atoms with van der Waals surface area (Å²) in [7, 11) is 0. The Labute approximate surface area is 99.3 Å². The van der Waals surface area contributed by atoms with Gasteiger partial charge in [-0.15, -0.1) is 11.3 Å². The van der Waals surface area contributed by atoms with Crippen molar-refractivity contribution in [3.63, 3.8) is 0 Å². The highest BCUT2D eigenvalue weighted by Crippen LogP contribution is 2.27. The molecule has 0 aliphatic rings. The summed E-state index contributed by atoms with van der Waals surface area (Å²) in [6, 6.07) is 2.03. The van der Waals surface area contributed by atoms with Crippen molar-refractivity contribution in [2.45, 2.75) is 13.8 Å². The molecule has 0 radical (unpaired) electrons. The monoisotopic (exact) mass is 284 g/mol. The third-order valence-corrected chi connectivity index (χ3v) is 3.58. The average molecular weight is 285 g/mol. The minimum atomic E-state index is -0.150. The van der Waals surface area contributed by atoms with Crippen molar-refractivity contribution in [3.8, 4) is 11.4 Å². The molecule has 0 saturated carbocycles. The van der Waals surface area contributed by atoms with Gasteiger partial charge in [-0.25, -0.2) is 4.98 Å². The number of halogens is 1. The zero-order valence-corrected chi connectivity index (χ0v) is 10.7. The minimum Gasteiger partial charge on any atom is -0.306 e. The first kappa shape index (κ1) is 10.6. The van der Waals surface area contributed by atoms with Crippen LogP contribution in [0.1, 0.15) is 9.75 Å². The fraction of sp³-hybridized carbons (Fsp3) is 0.200. The topological polar surface area (TPSA) is 45.8 Å². The lowest BCUT2D eigenvalue weighted by Gasteiger charge is -1.98. The van der Waals surface area contributed by atoms with E-state index in [1.807, 2.05) is 19.9 Å². The number of hydrogen-bond donors (Lipinski definition) is 1. The van der Waals surface area contributed by atoms with E-state index in [1.165, 1.54) is 11.1 Å². The van der Waals surface area contributed by atoms with Crippen LogP contribution < -0.4 is 5.56 Å². The summed E-state index contributed by atoms with van der Waals surface area (Å²) in [6.07, 6.45) is 1.53. The van der Waals surface area contributed by atoms with Gasteiger partial charge in [0.05, 0.1) is 0 Å². The van der Waals surface area contributed by atoms with E-state index < -0.39 is 0 Å². The number of aromatic nitrogens is 2. The van der Waals surface area contributed by atoms with Gasteiger partial charge in [0.15, 0.2) is 0 Å². The second kappa shape index (κ2) is 3.90. The van der Waals surface area contributed by atoms with Crippen LogP contribution in [0.4, 0.5) is 0 Å². The van der Waals surface area contributed by atoms with Crippen LogP contribution in [0.2, 0.25) is 0 Å². The standard InChI is InChI=1S/C10H9BrN2OS/c1-5-3-7(6(2)15-5)9-12-4-8(11)10(14)13-9/h3-4H,1-2H3,(H,12,13,14). The first-order valence-electron chi connectivity index (χ1n) is 4.40. The summed E-state index contributed by atoms with van der Waals surface area (Å²) in [4.78, 5) is 20.7. The fourth-order valence-electron chi connectivity index (χ4n) is 1.38. The fourth-order valence-corrected chi connectivity index (χ4v) is 2.51. The van der Waals surface area contributed by atoms with Crippen molar-refractivity contribution >= 4 is 27.3 Å². The highest BCUT2D eigenvalue weighted by molar-refractivity contribution is 9.10. The van der Waals surface area contributed by atoms with Gasteiger partial charge in [-0.1, -0.05) is 0 Å². The molecule has 3 nitrogen and oxygen atoms in total. The van der Waals surface area contributed by atoms with Crippen molar-refractivity contribution in [3.05, 3.63) is 36.8 Å². The highest BCUT2D eigenvalue weighted by Gasteiger charge is 2.08. The molecule has 0 bridgehead atoms. The number of nitrogens with zero attached hydrogens (tertiary/aromatic N) is 1. The summed E-state index contributed by atoms with van der Waals surface area (Å²) in [6.45, 7) is 4.06. The number of hydrogen-bond acceptors (Lipinski definition) is 3. The maximum atomic E-state index is 11.4. The molecule has 0 unspecified atom stereocenters. The maximum Gasteiger partial charge on any atom is 0.265 e. The molecule has 0 amide bonds. The van der Waals surface area contributed by atoms with Crippen LogP contribution in [0.15, 0.2) is 21.5 Å². The Hall–Kier alpha value is -0.940. The molecule has 0 atom stereocenters. The molecule has 0 aliphatic heterocycles. The third kappa shape index (κ3) is 2.03. The molecule has 78 valence electrons. The van der Waals surface area contributed by atoms with Crippen LogP contribution in [-0.2, 0) is 0 Å². The van der Waals surface area contributed by atoms with Crippen LogP contribution >= 0.6 is 27.3 Å². The molecule has 0 aliphatic carbocycles. The van der Waals surface area contributed by atoms with Gasteiger partial charge in [0.2, 0.25) is 0 Å². The van der Waals surface area contributed by atoms with E-state index in [1.54, 1.807) is 11.3 Å². The van der Waals surface area contributed by atoms with E-state index in [0.29, 0.717) is 10.3 Å². The van der Waals surface area contributed by atoms with Gasteiger partial charge in [0.1, 0.15) is 10.3 Å². The molecule has 0 saturated heterocycles. The van der Waals surface area contributed by atoms with E-state index >= 15 is 0 Å². The van der Waals surface area contributed by atoms with Crippen LogP contribution in [0, 0.1) is 13.8 Å². The molecule has 2 rings (SSSR count). The molecular weight excluding hydrogens is 276 g/mol. The normalized spacial score (nSPS) is 10.6. The Balaban J connectivity index is 2.59. The average Bonchev–Trinajstić information content (AvgIpc) is 2.50. The zero-order chi connectivity index (χ0) is 11.0. The third-order valence-electron chi connectivity index (χ3n) is 2.05. The first-order valence-corrected chi connectivity index (χ1v) is 6.01. The Morgan fingerprint density at radius 3 is 2.73 bits per heavy atom. The molecule has 0 spiro atoms. The predicted octanol–water partition coefficient (Wildman–Crippen LogP) is 2.88. The SMILES string of the molecule is Cc1cc(-c2ncc(Br)c(=O)[nH]2)c(C)s1. The zero-order valence-electron chi connectivity index (χ0n) is 8.30. The lowest BCUT2D eigenvalue weighted by Crippen LogP contribution is -2.08. The first-order chi connectivity index (χ1) is 7.08. The van der Waals surface area contributed by atoms with E-state index in [-0.39, 0.29) is 5.56 Å².